The summed E-state index contributed by atoms with van der Waals surface area (Å²) in [5, 5.41) is 3.42. The predicted octanol–water partition coefficient (Wildman–Crippen LogP) is 1.73. The van der Waals surface area contributed by atoms with Crippen molar-refractivity contribution in [2.24, 2.45) is 5.92 Å². The molecule has 0 saturated carbocycles. The van der Waals surface area contributed by atoms with Crippen LogP contribution in [0.4, 0.5) is 0 Å². The first kappa shape index (κ1) is 13.9. The molecule has 1 N–H and O–H groups in total. The molecular formula is C13H28N2O. The second kappa shape index (κ2) is 8.04. The Morgan fingerprint density at radius 3 is 2.44 bits per heavy atom. The highest BCUT2D eigenvalue weighted by Crippen LogP contribution is 2.06. The van der Waals surface area contributed by atoms with Crippen molar-refractivity contribution in [2.75, 3.05) is 39.3 Å². The Bertz CT molecular complexity index is 167. The fourth-order valence-corrected chi connectivity index (χ4v) is 2.02. The molecule has 0 radical (unpaired) electrons. The van der Waals surface area contributed by atoms with Crippen LogP contribution in [0.1, 0.15) is 33.6 Å². The van der Waals surface area contributed by atoms with Crippen molar-refractivity contribution >= 4 is 0 Å². The molecule has 96 valence electrons. The molecule has 1 atom stereocenters. The van der Waals surface area contributed by atoms with Gasteiger partial charge in [-0.05, 0) is 45.3 Å². The number of likely N-dealkylation sites (tertiary alicyclic amines) is 1. The van der Waals surface area contributed by atoms with Crippen LogP contribution < -0.4 is 5.32 Å². The van der Waals surface area contributed by atoms with E-state index in [1.165, 1.54) is 25.9 Å². The van der Waals surface area contributed by atoms with Crippen LogP contribution >= 0.6 is 0 Å². The second-order valence-electron chi connectivity index (χ2n) is 5.28. The van der Waals surface area contributed by atoms with E-state index in [4.69, 9.17) is 4.74 Å². The van der Waals surface area contributed by atoms with E-state index < -0.39 is 0 Å². The summed E-state index contributed by atoms with van der Waals surface area (Å²) in [5.74, 6) is 0.719. The fraction of sp³-hybridized carbons (Fsp3) is 1.00. The van der Waals surface area contributed by atoms with Gasteiger partial charge in [0.05, 0.1) is 12.7 Å². The van der Waals surface area contributed by atoms with Crippen LogP contribution in [0.25, 0.3) is 0 Å². The Morgan fingerprint density at radius 2 is 1.81 bits per heavy atom. The van der Waals surface area contributed by atoms with E-state index in [2.05, 4.69) is 31.0 Å². The Morgan fingerprint density at radius 1 is 1.12 bits per heavy atom. The number of hydrogen-bond acceptors (Lipinski definition) is 3. The standard InChI is InChI=1S/C13H28N2O/c1-12(2)10-14-11-13(3)16-9-8-15-6-4-5-7-15/h12-14H,4-11H2,1-3H3. The van der Waals surface area contributed by atoms with Gasteiger partial charge in [0.2, 0.25) is 0 Å². The topological polar surface area (TPSA) is 24.5 Å². The maximum atomic E-state index is 5.78. The number of hydrogen-bond donors (Lipinski definition) is 1. The van der Waals surface area contributed by atoms with Crippen LogP contribution in [0.15, 0.2) is 0 Å². The SMILES string of the molecule is CC(C)CNCC(C)OCCN1CCCC1. The third kappa shape index (κ3) is 6.46. The van der Waals surface area contributed by atoms with Crippen LogP contribution in [0.3, 0.4) is 0 Å². The van der Waals surface area contributed by atoms with E-state index in [1.54, 1.807) is 0 Å². The molecule has 0 aromatic carbocycles. The van der Waals surface area contributed by atoms with Gasteiger partial charge in [0.15, 0.2) is 0 Å². The highest BCUT2D eigenvalue weighted by atomic mass is 16.5. The van der Waals surface area contributed by atoms with Gasteiger partial charge < -0.3 is 15.0 Å². The second-order valence-corrected chi connectivity index (χ2v) is 5.28. The quantitative estimate of drug-likeness (QED) is 0.685. The van der Waals surface area contributed by atoms with E-state index in [-0.39, 0.29) is 0 Å². The summed E-state index contributed by atoms with van der Waals surface area (Å²) in [6.45, 7) is 13.2. The minimum absolute atomic E-state index is 0.335. The molecule has 1 rings (SSSR count). The van der Waals surface area contributed by atoms with Gasteiger partial charge in [-0.1, -0.05) is 13.8 Å². The molecule has 3 nitrogen and oxygen atoms in total. The van der Waals surface area contributed by atoms with Crippen LogP contribution in [0, 0.1) is 5.92 Å². The van der Waals surface area contributed by atoms with Gasteiger partial charge in [0, 0.05) is 13.1 Å². The van der Waals surface area contributed by atoms with Crippen molar-refractivity contribution in [3.63, 3.8) is 0 Å². The highest BCUT2D eigenvalue weighted by molar-refractivity contribution is 4.66. The third-order valence-corrected chi connectivity index (χ3v) is 2.99. The molecule has 16 heavy (non-hydrogen) atoms. The van der Waals surface area contributed by atoms with Crippen molar-refractivity contribution in [2.45, 2.75) is 39.7 Å². The van der Waals surface area contributed by atoms with Crippen LogP contribution in [0.5, 0.6) is 0 Å². The number of ether oxygens (including phenoxy) is 1. The van der Waals surface area contributed by atoms with Gasteiger partial charge in [-0.15, -0.1) is 0 Å². The monoisotopic (exact) mass is 228 g/mol. The first-order valence-electron chi connectivity index (χ1n) is 6.73. The van der Waals surface area contributed by atoms with Crippen LogP contribution in [0.2, 0.25) is 0 Å². The fourth-order valence-electron chi connectivity index (χ4n) is 2.02. The maximum Gasteiger partial charge on any atom is 0.0672 e. The largest absolute Gasteiger partial charge is 0.376 e. The summed E-state index contributed by atoms with van der Waals surface area (Å²) in [4.78, 5) is 2.49. The average Bonchev–Trinajstić information content (AvgIpc) is 2.70. The molecule has 1 unspecified atom stereocenters. The lowest BCUT2D eigenvalue weighted by molar-refractivity contribution is 0.0520. The molecule has 0 aromatic rings. The molecule has 3 heteroatoms. The van der Waals surface area contributed by atoms with E-state index in [0.29, 0.717) is 6.10 Å². The summed E-state index contributed by atoms with van der Waals surface area (Å²) in [6, 6.07) is 0. The van der Waals surface area contributed by atoms with Crippen LogP contribution in [-0.2, 0) is 4.74 Å². The Hall–Kier alpha value is -0.120. The summed E-state index contributed by atoms with van der Waals surface area (Å²) in [7, 11) is 0. The van der Waals surface area contributed by atoms with Crippen molar-refractivity contribution < 1.29 is 4.74 Å². The van der Waals surface area contributed by atoms with Gasteiger partial charge in [0.1, 0.15) is 0 Å². The third-order valence-electron chi connectivity index (χ3n) is 2.99. The zero-order valence-corrected chi connectivity index (χ0v) is 11.2. The van der Waals surface area contributed by atoms with Crippen LogP contribution in [-0.4, -0.2) is 50.3 Å². The minimum atomic E-state index is 0.335. The lowest BCUT2D eigenvalue weighted by Crippen LogP contribution is -2.32. The lowest BCUT2D eigenvalue weighted by Gasteiger charge is -2.18. The van der Waals surface area contributed by atoms with Crippen molar-refractivity contribution in [1.29, 1.82) is 0 Å². The zero-order valence-electron chi connectivity index (χ0n) is 11.2. The van der Waals surface area contributed by atoms with Gasteiger partial charge in [-0.2, -0.15) is 0 Å². The molecule has 0 amide bonds. The Labute approximate surface area is 101 Å². The summed E-state index contributed by atoms with van der Waals surface area (Å²) in [6.07, 6.45) is 3.07. The molecular weight excluding hydrogens is 200 g/mol. The first-order chi connectivity index (χ1) is 7.68. The Balaban J connectivity index is 1.91. The van der Waals surface area contributed by atoms with Crippen molar-refractivity contribution in [3.05, 3.63) is 0 Å². The molecule has 0 bridgehead atoms. The average molecular weight is 228 g/mol. The minimum Gasteiger partial charge on any atom is -0.376 e. The Kier molecular flexibility index (Phi) is 7.01. The first-order valence-corrected chi connectivity index (χ1v) is 6.73. The number of nitrogens with one attached hydrogen (secondary N) is 1. The van der Waals surface area contributed by atoms with Crippen molar-refractivity contribution in [3.8, 4) is 0 Å². The van der Waals surface area contributed by atoms with Gasteiger partial charge >= 0.3 is 0 Å². The lowest BCUT2D eigenvalue weighted by atomic mass is 10.2. The summed E-state index contributed by atoms with van der Waals surface area (Å²) in [5.41, 5.74) is 0. The van der Waals surface area contributed by atoms with E-state index >= 15 is 0 Å². The molecule has 1 aliphatic heterocycles. The molecule has 1 saturated heterocycles. The van der Waals surface area contributed by atoms with E-state index in [0.717, 1.165) is 32.2 Å². The van der Waals surface area contributed by atoms with Crippen molar-refractivity contribution in [1.82, 2.24) is 10.2 Å². The highest BCUT2D eigenvalue weighted by Gasteiger charge is 2.11. The zero-order chi connectivity index (χ0) is 11.8. The molecule has 0 aliphatic carbocycles. The molecule has 1 aliphatic rings. The number of rotatable bonds is 8. The van der Waals surface area contributed by atoms with E-state index in [1.807, 2.05) is 0 Å². The smallest absolute Gasteiger partial charge is 0.0672 e. The molecule has 0 spiro atoms. The predicted molar refractivity (Wildman–Crippen MR) is 68.8 cm³/mol. The van der Waals surface area contributed by atoms with Gasteiger partial charge in [0.25, 0.3) is 0 Å². The number of nitrogens with zero attached hydrogens (tertiary/aromatic N) is 1. The summed E-state index contributed by atoms with van der Waals surface area (Å²) >= 11 is 0. The maximum absolute atomic E-state index is 5.78. The van der Waals surface area contributed by atoms with Gasteiger partial charge in [-0.3, -0.25) is 0 Å². The molecule has 0 aromatic heterocycles. The van der Waals surface area contributed by atoms with E-state index in [9.17, 15) is 0 Å². The normalized spacial score (nSPS) is 19.5. The van der Waals surface area contributed by atoms with Gasteiger partial charge in [-0.25, -0.2) is 0 Å². The summed E-state index contributed by atoms with van der Waals surface area (Å²) < 4.78 is 5.78. The molecule has 1 heterocycles. The molecule has 1 fully saturated rings.